The van der Waals surface area contributed by atoms with Gasteiger partial charge < -0.3 is 9.64 Å². The third-order valence-electron chi connectivity index (χ3n) is 4.83. The number of morpholine rings is 1. The topological polar surface area (TPSA) is 86.0 Å². The molecule has 0 aliphatic carbocycles. The van der Waals surface area contributed by atoms with E-state index < -0.39 is 0 Å². The number of nitrogens with zero attached hydrogens (tertiary/aromatic N) is 6. The molecule has 2 atom stereocenters. The van der Waals surface area contributed by atoms with Crippen LogP contribution in [0.15, 0.2) is 47.9 Å². The fraction of sp³-hybridized carbons (Fsp3) is 0.381. The smallest absolute Gasteiger partial charge is 0.276 e. The molecular weight excluding hydrogens is 400 g/mol. The normalized spacial score (nSPS) is 19.1. The minimum Gasteiger partial charge on any atom is -0.372 e. The Kier molecular flexibility index (Phi) is 6.10. The van der Waals surface area contributed by atoms with Crippen molar-refractivity contribution < 1.29 is 9.53 Å². The Balaban J connectivity index is 1.67. The second kappa shape index (κ2) is 8.93. The molecule has 8 nitrogen and oxygen atoms in total. The highest BCUT2D eigenvalue weighted by molar-refractivity contribution is 7.98. The van der Waals surface area contributed by atoms with Crippen molar-refractivity contribution in [1.29, 1.82) is 0 Å². The van der Waals surface area contributed by atoms with Gasteiger partial charge in [0, 0.05) is 31.2 Å². The summed E-state index contributed by atoms with van der Waals surface area (Å²) in [6, 6.07) is 9.76. The maximum Gasteiger partial charge on any atom is 0.276 e. The Labute approximate surface area is 179 Å². The number of rotatable bonds is 5. The van der Waals surface area contributed by atoms with Crippen LogP contribution in [-0.2, 0) is 10.5 Å². The number of amides is 1. The lowest BCUT2D eigenvalue weighted by Crippen LogP contribution is -2.48. The lowest BCUT2D eigenvalue weighted by atomic mass is 10.2. The molecule has 1 saturated heterocycles. The lowest BCUT2D eigenvalue weighted by Gasteiger charge is -2.35. The van der Waals surface area contributed by atoms with Crippen molar-refractivity contribution in [3.8, 4) is 5.69 Å². The van der Waals surface area contributed by atoms with Crippen LogP contribution in [0, 0.1) is 6.92 Å². The van der Waals surface area contributed by atoms with Crippen molar-refractivity contribution in [3.63, 3.8) is 0 Å². The predicted octanol–water partition coefficient (Wildman–Crippen LogP) is 2.91. The lowest BCUT2D eigenvalue weighted by molar-refractivity contribution is -0.0587. The van der Waals surface area contributed by atoms with Gasteiger partial charge in [0.1, 0.15) is 0 Å². The minimum absolute atomic E-state index is 0.0135. The number of carbonyl (C=O) groups excluding carboxylic acids is 1. The van der Waals surface area contributed by atoms with Gasteiger partial charge in [-0.25, -0.2) is 14.6 Å². The quantitative estimate of drug-likeness (QED) is 0.460. The van der Waals surface area contributed by atoms with E-state index in [1.54, 1.807) is 28.0 Å². The number of aromatic nitrogens is 5. The largest absolute Gasteiger partial charge is 0.372 e. The summed E-state index contributed by atoms with van der Waals surface area (Å²) in [6.45, 7) is 7.05. The Hall–Kier alpha value is -2.78. The van der Waals surface area contributed by atoms with Crippen molar-refractivity contribution in [3.05, 3.63) is 59.7 Å². The van der Waals surface area contributed by atoms with Crippen LogP contribution in [0.3, 0.4) is 0 Å². The number of hydrogen-bond acceptors (Lipinski definition) is 7. The van der Waals surface area contributed by atoms with E-state index in [-0.39, 0.29) is 18.1 Å². The SMILES string of the molecule is Cc1ccc(-n2nnc(C(=O)N3CC(C)OC(C)C3)c2CSc2ncccn2)cc1. The molecule has 0 N–H and O–H groups in total. The molecule has 2 aromatic heterocycles. The molecule has 1 aliphatic rings. The molecule has 1 aliphatic heterocycles. The summed E-state index contributed by atoms with van der Waals surface area (Å²) < 4.78 is 7.50. The number of ether oxygens (including phenoxy) is 1. The fourth-order valence-corrected chi connectivity index (χ4v) is 4.27. The summed E-state index contributed by atoms with van der Waals surface area (Å²) in [5, 5.41) is 9.24. The molecule has 1 amide bonds. The Morgan fingerprint density at radius 2 is 1.80 bits per heavy atom. The summed E-state index contributed by atoms with van der Waals surface area (Å²) in [5.74, 6) is 0.349. The first-order chi connectivity index (χ1) is 14.5. The van der Waals surface area contributed by atoms with Crippen molar-refractivity contribution in [2.75, 3.05) is 13.1 Å². The molecule has 1 fully saturated rings. The number of benzene rings is 1. The highest BCUT2D eigenvalue weighted by Gasteiger charge is 2.31. The first kappa shape index (κ1) is 20.5. The third kappa shape index (κ3) is 4.52. The van der Waals surface area contributed by atoms with E-state index in [2.05, 4.69) is 20.3 Å². The fourth-order valence-electron chi connectivity index (χ4n) is 3.48. The Morgan fingerprint density at radius 3 is 2.47 bits per heavy atom. The molecule has 3 heterocycles. The zero-order chi connectivity index (χ0) is 21.1. The van der Waals surface area contributed by atoms with E-state index in [1.807, 2.05) is 45.0 Å². The third-order valence-corrected chi connectivity index (χ3v) is 5.72. The zero-order valence-electron chi connectivity index (χ0n) is 17.2. The van der Waals surface area contributed by atoms with Gasteiger partial charge in [0.15, 0.2) is 10.9 Å². The Bertz CT molecular complexity index is 998. The number of aryl methyl sites for hydroxylation is 1. The van der Waals surface area contributed by atoms with Crippen LogP contribution in [0.2, 0.25) is 0 Å². The van der Waals surface area contributed by atoms with Crippen LogP contribution >= 0.6 is 11.8 Å². The van der Waals surface area contributed by atoms with Crippen molar-refractivity contribution >= 4 is 17.7 Å². The summed E-state index contributed by atoms with van der Waals surface area (Å²) in [7, 11) is 0. The summed E-state index contributed by atoms with van der Waals surface area (Å²) in [4.78, 5) is 23.7. The predicted molar refractivity (Wildman–Crippen MR) is 114 cm³/mol. The van der Waals surface area contributed by atoms with Crippen LogP contribution in [0.5, 0.6) is 0 Å². The highest BCUT2D eigenvalue weighted by Crippen LogP contribution is 2.24. The van der Waals surface area contributed by atoms with E-state index >= 15 is 0 Å². The molecule has 0 bridgehead atoms. The monoisotopic (exact) mass is 424 g/mol. The molecule has 0 spiro atoms. The molecule has 3 aromatic rings. The van der Waals surface area contributed by atoms with Crippen LogP contribution < -0.4 is 0 Å². The molecule has 2 unspecified atom stereocenters. The number of hydrogen-bond donors (Lipinski definition) is 0. The van der Waals surface area contributed by atoms with Crippen LogP contribution in [0.4, 0.5) is 0 Å². The van der Waals surface area contributed by atoms with Gasteiger partial charge in [-0.05, 0) is 39.0 Å². The highest BCUT2D eigenvalue weighted by atomic mass is 32.2. The van der Waals surface area contributed by atoms with Crippen LogP contribution in [0.1, 0.15) is 35.6 Å². The molecule has 4 rings (SSSR count). The molecule has 1 aromatic carbocycles. The van der Waals surface area contributed by atoms with Crippen molar-refractivity contribution in [2.45, 2.75) is 43.9 Å². The minimum atomic E-state index is -0.125. The molecule has 156 valence electrons. The first-order valence-corrected chi connectivity index (χ1v) is 10.9. The van der Waals surface area contributed by atoms with Gasteiger partial charge in [0.25, 0.3) is 5.91 Å². The van der Waals surface area contributed by atoms with E-state index in [0.717, 1.165) is 16.9 Å². The van der Waals surface area contributed by atoms with E-state index in [0.29, 0.717) is 29.7 Å². The zero-order valence-corrected chi connectivity index (χ0v) is 18.0. The first-order valence-electron chi connectivity index (χ1n) is 9.87. The van der Waals surface area contributed by atoms with Gasteiger partial charge in [-0.3, -0.25) is 4.79 Å². The van der Waals surface area contributed by atoms with Gasteiger partial charge in [0.2, 0.25) is 0 Å². The summed E-state index contributed by atoms with van der Waals surface area (Å²) in [6.07, 6.45) is 3.38. The van der Waals surface area contributed by atoms with Gasteiger partial charge >= 0.3 is 0 Å². The molecular formula is C21H24N6O2S. The molecule has 30 heavy (non-hydrogen) atoms. The Morgan fingerprint density at radius 1 is 1.13 bits per heavy atom. The van der Waals surface area contributed by atoms with Crippen LogP contribution in [0.25, 0.3) is 5.69 Å². The summed E-state index contributed by atoms with van der Waals surface area (Å²) >= 11 is 1.45. The second-order valence-electron chi connectivity index (χ2n) is 7.42. The van der Waals surface area contributed by atoms with E-state index in [9.17, 15) is 4.79 Å². The second-order valence-corrected chi connectivity index (χ2v) is 8.36. The van der Waals surface area contributed by atoms with Crippen molar-refractivity contribution in [2.24, 2.45) is 0 Å². The average Bonchev–Trinajstić information content (AvgIpc) is 3.16. The van der Waals surface area contributed by atoms with Gasteiger partial charge in [-0.2, -0.15) is 0 Å². The van der Waals surface area contributed by atoms with Gasteiger partial charge in [-0.1, -0.05) is 34.7 Å². The number of carbonyl (C=O) groups is 1. The molecule has 0 radical (unpaired) electrons. The van der Waals surface area contributed by atoms with Gasteiger partial charge in [0.05, 0.1) is 23.6 Å². The van der Waals surface area contributed by atoms with Crippen molar-refractivity contribution in [1.82, 2.24) is 29.9 Å². The van der Waals surface area contributed by atoms with Gasteiger partial charge in [-0.15, -0.1) is 5.10 Å². The summed E-state index contributed by atoms with van der Waals surface area (Å²) in [5.41, 5.74) is 3.11. The van der Waals surface area contributed by atoms with E-state index in [4.69, 9.17) is 4.74 Å². The van der Waals surface area contributed by atoms with Crippen LogP contribution in [-0.4, -0.2) is 61.1 Å². The average molecular weight is 425 g/mol. The maximum atomic E-state index is 13.3. The molecule has 0 saturated carbocycles. The molecule has 9 heteroatoms. The number of thioether (sulfide) groups is 1. The van der Waals surface area contributed by atoms with E-state index in [1.165, 1.54) is 11.8 Å². The standard InChI is InChI=1S/C21H24N6O2S/c1-14-5-7-17(8-6-14)27-18(13-30-21-22-9-4-10-23-21)19(24-25-27)20(28)26-11-15(2)29-16(3)12-26/h4-10,15-16H,11-13H2,1-3H3. The maximum absolute atomic E-state index is 13.3.